The second kappa shape index (κ2) is 6.00. The molecule has 1 aliphatic heterocycles. The number of hydrogen-bond donors (Lipinski definition) is 2. The number of fused-ring (bicyclic) bond motifs is 1. The molecule has 3 aliphatic rings. The highest BCUT2D eigenvalue weighted by atomic mass is 15.0. The largest absolute Gasteiger partial charge is 0.382 e. The molecule has 1 aromatic rings. The van der Waals surface area contributed by atoms with E-state index in [1.54, 1.807) is 11.1 Å². The molecular weight excluding hydrogens is 256 g/mol. The van der Waals surface area contributed by atoms with Crippen molar-refractivity contribution >= 4 is 5.69 Å². The van der Waals surface area contributed by atoms with E-state index in [1.807, 2.05) is 0 Å². The topological polar surface area (TPSA) is 24.1 Å². The van der Waals surface area contributed by atoms with Gasteiger partial charge >= 0.3 is 0 Å². The third-order valence-electron chi connectivity index (χ3n) is 5.89. The first-order valence-corrected chi connectivity index (χ1v) is 9.02. The average molecular weight is 284 g/mol. The molecule has 1 heterocycles. The summed E-state index contributed by atoms with van der Waals surface area (Å²) in [6.45, 7) is 1.23. The van der Waals surface area contributed by atoms with Gasteiger partial charge in [-0.2, -0.15) is 0 Å². The summed E-state index contributed by atoms with van der Waals surface area (Å²) in [5.74, 6) is 0.832. The molecule has 0 spiro atoms. The lowest BCUT2D eigenvalue weighted by atomic mass is 9.88. The molecule has 2 N–H and O–H groups in total. The summed E-state index contributed by atoms with van der Waals surface area (Å²) < 4.78 is 0. The summed E-state index contributed by atoms with van der Waals surface area (Å²) in [6, 6.07) is 8.53. The van der Waals surface area contributed by atoms with E-state index in [4.69, 9.17) is 0 Å². The van der Waals surface area contributed by atoms with Crippen LogP contribution in [0.15, 0.2) is 18.2 Å². The van der Waals surface area contributed by atoms with Gasteiger partial charge < -0.3 is 10.6 Å². The van der Waals surface area contributed by atoms with Crippen molar-refractivity contribution in [2.24, 2.45) is 5.92 Å². The monoisotopic (exact) mass is 284 g/mol. The van der Waals surface area contributed by atoms with Crippen molar-refractivity contribution in [2.75, 3.05) is 11.9 Å². The van der Waals surface area contributed by atoms with Crippen LogP contribution in [0.3, 0.4) is 0 Å². The Hall–Kier alpha value is -1.02. The van der Waals surface area contributed by atoms with E-state index in [0.29, 0.717) is 6.04 Å². The summed E-state index contributed by atoms with van der Waals surface area (Å²) in [5, 5.41) is 7.66. The minimum absolute atomic E-state index is 0.681. The van der Waals surface area contributed by atoms with Gasteiger partial charge in [0.15, 0.2) is 0 Å². The summed E-state index contributed by atoms with van der Waals surface area (Å²) in [4.78, 5) is 0. The van der Waals surface area contributed by atoms with E-state index in [2.05, 4.69) is 28.8 Å². The molecule has 1 saturated carbocycles. The maximum absolute atomic E-state index is 3.88. The molecule has 0 bridgehead atoms. The molecule has 0 radical (unpaired) electrons. The SMILES string of the molecule is c1cc2c(cc1NC1CCCC1C1CCCCN1)CCC2. The van der Waals surface area contributed by atoms with Gasteiger partial charge in [0.05, 0.1) is 0 Å². The molecule has 114 valence electrons. The van der Waals surface area contributed by atoms with Crippen LogP contribution in [0.5, 0.6) is 0 Å². The fourth-order valence-electron chi connectivity index (χ4n) is 4.77. The number of anilines is 1. The third kappa shape index (κ3) is 2.83. The van der Waals surface area contributed by atoms with Crippen molar-refractivity contribution in [1.82, 2.24) is 5.32 Å². The Morgan fingerprint density at radius 2 is 1.86 bits per heavy atom. The van der Waals surface area contributed by atoms with Gasteiger partial charge in [-0.05, 0) is 80.7 Å². The Kier molecular flexibility index (Phi) is 3.89. The quantitative estimate of drug-likeness (QED) is 0.879. The van der Waals surface area contributed by atoms with Crippen LogP contribution in [0.4, 0.5) is 5.69 Å². The first-order chi connectivity index (χ1) is 10.4. The number of rotatable bonds is 3. The molecule has 4 rings (SSSR count). The molecule has 21 heavy (non-hydrogen) atoms. The van der Waals surface area contributed by atoms with E-state index in [0.717, 1.165) is 12.0 Å². The molecule has 2 fully saturated rings. The minimum atomic E-state index is 0.681. The van der Waals surface area contributed by atoms with Crippen LogP contribution in [0.25, 0.3) is 0 Å². The van der Waals surface area contributed by atoms with Gasteiger partial charge in [0, 0.05) is 17.8 Å². The van der Waals surface area contributed by atoms with Crippen molar-refractivity contribution < 1.29 is 0 Å². The highest BCUT2D eigenvalue weighted by Crippen LogP contribution is 2.34. The molecule has 2 aliphatic carbocycles. The van der Waals surface area contributed by atoms with Crippen molar-refractivity contribution in [1.29, 1.82) is 0 Å². The zero-order valence-corrected chi connectivity index (χ0v) is 13.0. The van der Waals surface area contributed by atoms with Crippen LogP contribution in [0, 0.1) is 5.92 Å². The average Bonchev–Trinajstić information content (AvgIpc) is 3.16. The minimum Gasteiger partial charge on any atom is -0.382 e. The molecule has 2 heteroatoms. The highest BCUT2D eigenvalue weighted by Gasteiger charge is 2.34. The number of benzene rings is 1. The van der Waals surface area contributed by atoms with Gasteiger partial charge in [-0.1, -0.05) is 18.9 Å². The molecule has 0 aromatic heterocycles. The van der Waals surface area contributed by atoms with Gasteiger partial charge in [-0.25, -0.2) is 0 Å². The number of hydrogen-bond acceptors (Lipinski definition) is 2. The van der Waals surface area contributed by atoms with Crippen molar-refractivity contribution in [3.05, 3.63) is 29.3 Å². The zero-order valence-electron chi connectivity index (χ0n) is 13.0. The van der Waals surface area contributed by atoms with E-state index >= 15 is 0 Å². The van der Waals surface area contributed by atoms with Crippen LogP contribution in [-0.4, -0.2) is 18.6 Å². The molecule has 1 saturated heterocycles. The summed E-state index contributed by atoms with van der Waals surface area (Å²) in [7, 11) is 0. The molecular formula is C19H28N2. The Morgan fingerprint density at radius 1 is 0.905 bits per heavy atom. The standard InChI is InChI=1S/C19H28N2/c1-2-12-20-18(8-1)17-7-4-9-19(17)21-16-11-10-14-5-3-6-15(14)13-16/h10-11,13,17-21H,1-9,12H2. The first-order valence-electron chi connectivity index (χ1n) is 9.02. The van der Waals surface area contributed by atoms with Gasteiger partial charge in [-0.15, -0.1) is 0 Å². The second-order valence-electron chi connectivity index (χ2n) is 7.24. The van der Waals surface area contributed by atoms with Crippen LogP contribution >= 0.6 is 0 Å². The molecule has 0 amide bonds. The zero-order chi connectivity index (χ0) is 14.1. The van der Waals surface area contributed by atoms with Crippen molar-refractivity contribution in [3.63, 3.8) is 0 Å². The number of aryl methyl sites for hydroxylation is 2. The normalized spacial score (nSPS) is 32.1. The fourth-order valence-corrected chi connectivity index (χ4v) is 4.77. The summed E-state index contributed by atoms with van der Waals surface area (Å²) >= 11 is 0. The van der Waals surface area contributed by atoms with Gasteiger partial charge in [0.2, 0.25) is 0 Å². The van der Waals surface area contributed by atoms with Crippen LogP contribution in [0.1, 0.15) is 56.1 Å². The van der Waals surface area contributed by atoms with E-state index in [-0.39, 0.29) is 0 Å². The second-order valence-corrected chi connectivity index (χ2v) is 7.24. The first kappa shape index (κ1) is 13.6. The fraction of sp³-hybridized carbons (Fsp3) is 0.684. The lowest BCUT2D eigenvalue weighted by Crippen LogP contribution is -2.44. The summed E-state index contributed by atoms with van der Waals surface area (Å²) in [5.41, 5.74) is 4.53. The van der Waals surface area contributed by atoms with E-state index in [1.165, 1.54) is 70.0 Å². The smallest absolute Gasteiger partial charge is 0.0345 e. The van der Waals surface area contributed by atoms with Crippen molar-refractivity contribution in [3.8, 4) is 0 Å². The van der Waals surface area contributed by atoms with Crippen LogP contribution < -0.4 is 10.6 Å². The molecule has 3 unspecified atom stereocenters. The highest BCUT2D eigenvalue weighted by molar-refractivity contribution is 5.51. The predicted octanol–water partition coefficient (Wildman–Crippen LogP) is 3.90. The Labute approximate surface area is 128 Å². The Balaban J connectivity index is 1.45. The van der Waals surface area contributed by atoms with Gasteiger partial charge in [0.25, 0.3) is 0 Å². The lowest BCUT2D eigenvalue weighted by Gasteiger charge is -2.33. The van der Waals surface area contributed by atoms with Gasteiger partial charge in [-0.3, -0.25) is 0 Å². The molecule has 2 nitrogen and oxygen atoms in total. The lowest BCUT2D eigenvalue weighted by molar-refractivity contribution is 0.286. The Morgan fingerprint density at radius 3 is 2.76 bits per heavy atom. The number of piperidine rings is 1. The van der Waals surface area contributed by atoms with Crippen molar-refractivity contribution in [2.45, 2.75) is 69.9 Å². The van der Waals surface area contributed by atoms with Gasteiger partial charge in [0.1, 0.15) is 0 Å². The van der Waals surface area contributed by atoms with Crippen LogP contribution in [0.2, 0.25) is 0 Å². The third-order valence-corrected chi connectivity index (χ3v) is 5.89. The Bertz CT molecular complexity index is 490. The van der Waals surface area contributed by atoms with Crippen LogP contribution in [-0.2, 0) is 12.8 Å². The maximum atomic E-state index is 3.88. The summed E-state index contributed by atoms with van der Waals surface area (Å²) in [6.07, 6.45) is 12.2. The molecule has 3 atom stereocenters. The maximum Gasteiger partial charge on any atom is 0.0345 e. The van der Waals surface area contributed by atoms with E-state index < -0.39 is 0 Å². The molecule has 1 aromatic carbocycles. The predicted molar refractivity (Wildman–Crippen MR) is 88.9 cm³/mol. The van der Waals surface area contributed by atoms with E-state index in [9.17, 15) is 0 Å². The number of nitrogens with one attached hydrogen (secondary N) is 2.